The van der Waals surface area contributed by atoms with Gasteiger partial charge < -0.3 is 10.6 Å². The minimum absolute atomic E-state index is 0.0406. The first-order chi connectivity index (χ1) is 8.15. The third-order valence-electron chi connectivity index (χ3n) is 3.34. The van der Waals surface area contributed by atoms with Crippen LogP contribution in [0.1, 0.15) is 25.3 Å². The van der Waals surface area contributed by atoms with Crippen molar-refractivity contribution in [1.82, 2.24) is 5.32 Å². The number of para-hydroxylation sites is 1. The van der Waals surface area contributed by atoms with Crippen LogP contribution >= 0.6 is 0 Å². The second-order valence-corrected chi connectivity index (χ2v) is 5.02. The first-order valence-electron chi connectivity index (χ1n) is 6.24. The number of hydrogen-bond donors (Lipinski definition) is 2. The van der Waals surface area contributed by atoms with E-state index in [2.05, 4.69) is 17.6 Å². The SMILES string of the molecule is Cc1ccccc1NC(=O)CNC1CC(C)C1. The van der Waals surface area contributed by atoms with Crippen LogP contribution in [0.5, 0.6) is 0 Å². The van der Waals surface area contributed by atoms with Gasteiger partial charge in [0.1, 0.15) is 0 Å². The van der Waals surface area contributed by atoms with Gasteiger partial charge in [0, 0.05) is 11.7 Å². The first kappa shape index (κ1) is 12.1. The molecule has 2 rings (SSSR count). The molecule has 0 atom stereocenters. The summed E-state index contributed by atoms with van der Waals surface area (Å²) < 4.78 is 0. The van der Waals surface area contributed by atoms with E-state index in [1.807, 2.05) is 31.2 Å². The molecule has 0 aliphatic heterocycles. The van der Waals surface area contributed by atoms with Crippen LogP contribution in [0.25, 0.3) is 0 Å². The Morgan fingerprint density at radius 3 is 2.71 bits per heavy atom. The Labute approximate surface area is 103 Å². The lowest BCUT2D eigenvalue weighted by molar-refractivity contribution is -0.115. The number of aryl methyl sites for hydroxylation is 1. The molecule has 3 nitrogen and oxygen atoms in total. The average Bonchev–Trinajstić information content (AvgIpc) is 2.26. The lowest BCUT2D eigenvalue weighted by Gasteiger charge is -2.33. The molecule has 1 amide bonds. The number of carbonyl (C=O) groups excluding carboxylic acids is 1. The van der Waals surface area contributed by atoms with Gasteiger partial charge in [-0.2, -0.15) is 0 Å². The molecule has 0 unspecified atom stereocenters. The Bertz CT molecular complexity index is 397. The van der Waals surface area contributed by atoms with E-state index >= 15 is 0 Å². The van der Waals surface area contributed by atoms with Crippen molar-refractivity contribution >= 4 is 11.6 Å². The smallest absolute Gasteiger partial charge is 0.238 e. The number of hydrogen-bond acceptors (Lipinski definition) is 2. The molecule has 0 radical (unpaired) electrons. The Kier molecular flexibility index (Phi) is 3.79. The summed E-state index contributed by atoms with van der Waals surface area (Å²) in [5.41, 5.74) is 2.00. The van der Waals surface area contributed by atoms with E-state index in [-0.39, 0.29) is 5.91 Å². The summed E-state index contributed by atoms with van der Waals surface area (Å²) in [7, 11) is 0. The van der Waals surface area contributed by atoms with E-state index in [9.17, 15) is 4.79 Å². The molecular formula is C14H20N2O. The Morgan fingerprint density at radius 2 is 2.06 bits per heavy atom. The van der Waals surface area contributed by atoms with Gasteiger partial charge in [0.25, 0.3) is 0 Å². The summed E-state index contributed by atoms with van der Waals surface area (Å²) in [6.45, 7) is 4.65. The second-order valence-electron chi connectivity index (χ2n) is 5.02. The highest BCUT2D eigenvalue weighted by molar-refractivity contribution is 5.92. The molecule has 3 heteroatoms. The van der Waals surface area contributed by atoms with E-state index in [4.69, 9.17) is 0 Å². The normalized spacial score (nSPS) is 22.9. The molecular weight excluding hydrogens is 212 g/mol. The van der Waals surface area contributed by atoms with Crippen molar-refractivity contribution in [2.24, 2.45) is 5.92 Å². The zero-order valence-corrected chi connectivity index (χ0v) is 10.5. The zero-order valence-electron chi connectivity index (χ0n) is 10.5. The van der Waals surface area contributed by atoms with Crippen molar-refractivity contribution in [1.29, 1.82) is 0 Å². The molecule has 2 N–H and O–H groups in total. The monoisotopic (exact) mass is 232 g/mol. The lowest BCUT2D eigenvalue weighted by atomic mass is 9.82. The fourth-order valence-electron chi connectivity index (χ4n) is 2.21. The van der Waals surface area contributed by atoms with Crippen LogP contribution in [0, 0.1) is 12.8 Å². The number of amides is 1. The molecule has 0 spiro atoms. The molecule has 17 heavy (non-hydrogen) atoms. The maximum atomic E-state index is 11.7. The van der Waals surface area contributed by atoms with Gasteiger partial charge in [-0.1, -0.05) is 25.1 Å². The lowest BCUT2D eigenvalue weighted by Crippen LogP contribution is -2.43. The third-order valence-corrected chi connectivity index (χ3v) is 3.34. The van der Waals surface area contributed by atoms with Crippen molar-refractivity contribution < 1.29 is 4.79 Å². The van der Waals surface area contributed by atoms with Crippen LogP contribution in [-0.2, 0) is 4.79 Å². The van der Waals surface area contributed by atoms with Crippen LogP contribution in [-0.4, -0.2) is 18.5 Å². The van der Waals surface area contributed by atoms with Crippen LogP contribution in [0.3, 0.4) is 0 Å². The highest BCUT2D eigenvalue weighted by Crippen LogP contribution is 2.25. The Hall–Kier alpha value is -1.35. The Balaban J connectivity index is 1.76. The molecule has 0 aromatic heterocycles. The van der Waals surface area contributed by atoms with Gasteiger partial charge in [-0.05, 0) is 37.3 Å². The summed E-state index contributed by atoms with van der Waals surface area (Å²) in [4.78, 5) is 11.7. The number of benzene rings is 1. The molecule has 0 heterocycles. The Morgan fingerprint density at radius 1 is 1.35 bits per heavy atom. The van der Waals surface area contributed by atoms with Crippen molar-refractivity contribution in [3.05, 3.63) is 29.8 Å². The van der Waals surface area contributed by atoms with Gasteiger partial charge >= 0.3 is 0 Å². The molecule has 1 saturated carbocycles. The quantitative estimate of drug-likeness (QED) is 0.836. The highest BCUT2D eigenvalue weighted by atomic mass is 16.1. The zero-order chi connectivity index (χ0) is 12.3. The number of anilines is 1. The van der Waals surface area contributed by atoms with E-state index in [1.54, 1.807) is 0 Å². The van der Waals surface area contributed by atoms with Crippen LogP contribution in [0.4, 0.5) is 5.69 Å². The van der Waals surface area contributed by atoms with Crippen molar-refractivity contribution in [2.45, 2.75) is 32.7 Å². The third kappa shape index (κ3) is 3.30. The van der Waals surface area contributed by atoms with Gasteiger partial charge in [-0.3, -0.25) is 4.79 Å². The van der Waals surface area contributed by atoms with Crippen molar-refractivity contribution in [2.75, 3.05) is 11.9 Å². The topological polar surface area (TPSA) is 41.1 Å². The molecule has 0 saturated heterocycles. The van der Waals surface area contributed by atoms with Gasteiger partial charge in [0.15, 0.2) is 0 Å². The number of carbonyl (C=O) groups is 1. The summed E-state index contributed by atoms with van der Waals surface area (Å²) in [6.07, 6.45) is 2.38. The molecule has 0 bridgehead atoms. The predicted molar refractivity (Wildman–Crippen MR) is 70.0 cm³/mol. The first-order valence-corrected chi connectivity index (χ1v) is 6.24. The van der Waals surface area contributed by atoms with E-state index in [0.717, 1.165) is 17.2 Å². The maximum absolute atomic E-state index is 11.7. The second kappa shape index (κ2) is 5.32. The highest BCUT2D eigenvalue weighted by Gasteiger charge is 2.24. The fraction of sp³-hybridized carbons (Fsp3) is 0.500. The summed E-state index contributed by atoms with van der Waals surface area (Å²) in [6, 6.07) is 8.37. The molecule has 1 fully saturated rings. The predicted octanol–water partition coefficient (Wildman–Crippen LogP) is 2.32. The fourth-order valence-corrected chi connectivity index (χ4v) is 2.21. The molecule has 1 aliphatic rings. The number of rotatable bonds is 4. The van der Waals surface area contributed by atoms with E-state index in [0.29, 0.717) is 12.6 Å². The minimum atomic E-state index is 0.0406. The molecule has 92 valence electrons. The average molecular weight is 232 g/mol. The summed E-state index contributed by atoms with van der Waals surface area (Å²) in [5, 5.41) is 6.20. The van der Waals surface area contributed by atoms with E-state index < -0.39 is 0 Å². The van der Waals surface area contributed by atoms with Gasteiger partial charge in [-0.15, -0.1) is 0 Å². The van der Waals surface area contributed by atoms with Gasteiger partial charge in [0.2, 0.25) is 5.91 Å². The molecule has 1 aromatic carbocycles. The van der Waals surface area contributed by atoms with Crippen LogP contribution in [0.15, 0.2) is 24.3 Å². The minimum Gasteiger partial charge on any atom is -0.325 e. The standard InChI is InChI=1S/C14H20N2O/c1-10-7-12(8-10)15-9-14(17)16-13-6-4-3-5-11(13)2/h3-6,10,12,15H,7-9H2,1-2H3,(H,16,17). The van der Waals surface area contributed by atoms with Crippen LogP contribution < -0.4 is 10.6 Å². The van der Waals surface area contributed by atoms with Gasteiger partial charge in [-0.25, -0.2) is 0 Å². The molecule has 1 aromatic rings. The van der Waals surface area contributed by atoms with Crippen molar-refractivity contribution in [3.63, 3.8) is 0 Å². The van der Waals surface area contributed by atoms with Crippen molar-refractivity contribution in [3.8, 4) is 0 Å². The summed E-state index contributed by atoms with van der Waals surface area (Å²) in [5.74, 6) is 0.853. The number of nitrogens with one attached hydrogen (secondary N) is 2. The maximum Gasteiger partial charge on any atom is 0.238 e. The van der Waals surface area contributed by atoms with E-state index in [1.165, 1.54) is 12.8 Å². The molecule has 1 aliphatic carbocycles. The van der Waals surface area contributed by atoms with Gasteiger partial charge in [0.05, 0.1) is 6.54 Å². The largest absolute Gasteiger partial charge is 0.325 e. The van der Waals surface area contributed by atoms with Crippen LogP contribution in [0.2, 0.25) is 0 Å². The summed E-state index contributed by atoms with van der Waals surface area (Å²) >= 11 is 0.